The van der Waals surface area contributed by atoms with Crippen LogP contribution in [-0.4, -0.2) is 33.0 Å². The van der Waals surface area contributed by atoms with Crippen molar-refractivity contribution in [1.82, 2.24) is 14.7 Å². The maximum Gasteiger partial charge on any atom is 0.269 e. The first-order valence-electron chi connectivity index (χ1n) is 6.64. The van der Waals surface area contributed by atoms with Crippen molar-refractivity contribution in [3.05, 3.63) is 36.3 Å². The molecule has 1 saturated carbocycles. The molecule has 2 N–H and O–H groups in total. The summed E-state index contributed by atoms with van der Waals surface area (Å²) < 4.78 is 1.76. The molecule has 0 saturated heterocycles. The minimum Gasteiger partial charge on any atom is -0.393 e. The highest BCUT2D eigenvalue weighted by Crippen LogP contribution is 2.24. The van der Waals surface area contributed by atoms with Crippen LogP contribution in [0, 0.1) is 5.92 Å². The molecule has 100 valence electrons. The molecule has 3 rings (SSSR count). The third kappa shape index (κ3) is 2.33. The fourth-order valence-electron chi connectivity index (χ4n) is 2.67. The van der Waals surface area contributed by atoms with Gasteiger partial charge in [-0.1, -0.05) is 12.5 Å². The van der Waals surface area contributed by atoms with Gasteiger partial charge in [-0.2, -0.15) is 0 Å². The Morgan fingerprint density at radius 3 is 3.16 bits per heavy atom. The number of nitrogens with zero attached hydrogens (tertiary/aromatic N) is 2. The number of aromatic nitrogens is 2. The summed E-state index contributed by atoms with van der Waals surface area (Å²) in [5.41, 5.74) is 1.29. The predicted molar refractivity (Wildman–Crippen MR) is 70.9 cm³/mol. The van der Waals surface area contributed by atoms with Gasteiger partial charge in [0, 0.05) is 18.7 Å². The van der Waals surface area contributed by atoms with Crippen LogP contribution in [0.15, 0.2) is 30.6 Å². The van der Waals surface area contributed by atoms with E-state index in [0.717, 1.165) is 24.9 Å². The van der Waals surface area contributed by atoms with Crippen molar-refractivity contribution in [2.45, 2.75) is 25.4 Å². The van der Waals surface area contributed by atoms with Crippen LogP contribution in [0.4, 0.5) is 0 Å². The molecule has 0 radical (unpaired) electrons. The van der Waals surface area contributed by atoms with E-state index >= 15 is 0 Å². The van der Waals surface area contributed by atoms with E-state index < -0.39 is 0 Å². The van der Waals surface area contributed by atoms with Crippen LogP contribution in [0.25, 0.3) is 5.65 Å². The lowest BCUT2D eigenvalue weighted by molar-refractivity contribution is 0.0911. The van der Waals surface area contributed by atoms with Gasteiger partial charge >= 0.3 is 0 Å². The second-order valence-corrected chi connectivity index (χ2v) is 5.04. The summed E-state index contributed by atoms with van der Waals surface area (Å²) in [4.78, 5) is 16.3. The molecule has 0 aromatic carbocycles. The largest absolute Gasteiger partial charge is 0.393 e. The van der Waals surface area contributed by atoms with Gasteiger partial charge in [0.1, 0.15) is 11.3 Å². The van der Waals surface area contributed by atoms with Gasteiger partial charge in [0.05, 0.1) is 12.3 Å². The highest BCUT2D eigenvalue weighted by molar-refractivity contribution is 5.93. The third-order valence-electron chi connectivity index (χ3n) is 3.79. The number of carbonyl (C=O) groups is 1. The minimum atomic E-state index is -0.275. The van der Waals surface area contributed by atoms with E-state index in [1.807, 2.05) is 24.4 Å². The van der Waals surface area contributed by atoms with E-state index in [-0.39, 0.29) is 17.9 Å². The van der Waals surface area contributed by atoms with Crippen LogP contribution in [0.1, 0.15) is 29.8 Å². The Kier molecular flexibility index (Phi) is 3.21. The molecule has 1 amide bonds. The lowest BCUT2D eigenvalue weighted by Crippen LogP contribution is -2.33. The first-order chi connectivity index (χ1) is 9.25. The van der Waals surface area contributed by atoms with Gasteiger partial charge in [0.2, 0.25) is 0 Å². The topological polar surface area (TPSA) is 66.6 Å². The highest BCUT2D eigenvalue weighted by Gasteiger charge is 2.25. The van der Waals surface area contributed by atoms with Gasteiger partial charge in [-0.15, -0.1) is 0 Å². The Balaban J connectivity index is 1.70. The van der Waals surface area contributed by atoms with E-state index in [4.69, 9.17) is 0 Å². The zero-order valence-corrected chi connectivity index (χ0v) is 10.6. The smallest absolute Gasteiger partial charge is 0.269 e. The number of nitrogens with one attached hydrogen (secondary N) is 1. The van der Waals surface area contributed by atoms with E-state index in [0.29, 0.717) is 12.2 Å². The Hall–Kier alpha value is -1.88. The standard InChI is InChI=1S/C14H17N3O2/c18-12-5-3-4-10(12)8-16-14(19)11-9-15-13-6-1-2-7-17(11)13/h1-2,6-7,9-10,12,18H,3-5,8H2,(H,16,19). The van der Waals surface area contributed by atoms with Gasteiger partial charge < -0.3 is 10.4 Å². The van der Waals surface area contributed by atoms with Crippen molar-refractivity contribution >= 4 is 11.6 Å². The first-order valence-corrected chi connectivity index (χ1v) is 6.64. The van der Waals surface area contributed by atoms with Crippen molar-refractivity contribution in [2.24, 2.45) is 5.92 Å². The zero-order chi connectivity index (χ0) is 13.2. The second kappa shape index (κ2) is 5.01. The van der Waals surface area contributed by atoms with Crippen molar-refractivity contribution < 1.29 is 9.90 Å². The fraction of sp³-hybridized carbons (Fsp3) is 0.429. The van der Waals surface area contributed by atoms with E-state index in [9.17, 15) is 9.90 Å². The predicted octanol–water partition coefficient (Wildman–Crippen LogP) is 1.23. The van der Waals surface area contributed by atoms with Gasteiger partial charge in [0.25, 0.3) is 5.91 Å². The molecule has 2 aromatic rings. The maximum absolute atomic E-state index is 12.1. The van der Waals surface area contributed by atoms with Crippen molar-refractivity contribution in [3.63, 3.8) is 0 Å². The fourth-order valence-corrected chi connectivity index (χ4v) is 2.67. The summed E-state index contributed by atoms with van der Waals surface area (Å²) in [6, 6.07) is 5.61. The lowest BCUT2D eigenvalue weighted by atomic mass is 10.1. The van der Waals surface area contributed by atoms with E-state index in [1.165, 1.54) is 0 Å². The number of aliphatic hydroxyl groups excluding tert-OH is 1. The highest BCUT2D eigenvalue weighted by atomic mass is 16.3. The molecule has 1 aliphatic rings. The molecule has 0 bridgehead atoms. The third-order valence-corrected chi connectivity index (χ3v) is 3.79. The number of amides is 1. The summed E-state index contributed by atoms with van der Waals surface area (Å²) in [5, 5.41) is 12.6. The summed E-state index contributed by atoms with van der Waals surface area (Å²) >= 11 is 0. The second-order valence-electron chi connectivity index (χ2n) is 5.04. The number of hydrogen-bond acceptors (Lipinski definition) is 3. The van der Waals surface area contributed by atoms with Gasteiger partial charge in [-0.3, -0.25) is 9.20 Å². The molecule has 0 spiro atoms. The Morgan fingerprint density at radius 2 is 2.37 bits per heavy atom. The molecule has 2 atom stereocenters. The van der Waals surface area contributed by atoms with Crippen molar-refractivity contribution in [2.75, 3.05) is 6.54 Å². The van der Waals surface area contributed by atoms with Crippen LogP contribution in [-0.2, 0) is 0 Å². The van der Waals surface area contributed by atoms with Crippen LogP contribution >= 0.6 is 0 Å². The zero-order valence-electron chi connectivity index (χ0n) is 10.6. The summed E-state index contributed by atoms with van der Waals surface area (Å²) in [5.74, 6) is 0.0425. The van der Waals surface area contributed by atoms with Crippen LogP contribution in [0.3, 0.4) is 0 Å². The average molecular weight is 259 g/mol. The monoisotopic (exact) mass is 259 g/mol. The molecule has 1 fully saturated rings. The number of fused-ring (bicyclic) bond motifs is 1. The molecule has 2 aromatic heterocycles. The Labute approximate surface area is 111 Å². The number of imidazole rings is 1. The van der Waals surface area contributed by atoms with Gasteiger partial charge in [0.15, 0.2) is 0 Å². The Morgan fingerprint density at radius 1 is 1.47 bits per heavy atom. The molecule has 19 heavy (non-hydrogen) atoms. The number of pyridine rings is 1. The molecule has 1 aliphatic carbocycles. The molecule has 2 heterocycles. The molecule has 5 heteroatoms. The average Bonchev–Trinajstić information content (AvgIpc) is 3.02. The summed E-state index contributed by atoms with van der Waals surface area (Å²) in [7, 11) is 0. The maximum atomic E-state index is 12.1. The number of hydrogen-bond donors (Lipinski definition) is 2. The summed E-state index contributed by atoms with van der Waals surface area (Å²) in [6.07, 6.45) is 5.99. The molecule has 5 nitrogen and oxygen atoms in total. The van der Waals surface area contributed by atoms with Crippen molar-refractivity contribution in [3.8, 4) is 0 Å². The van der Waals surface area contributed by atoms with Crippen LogP contribution < -0.4 is 5.32 Å². The number of aliphatic hydroxyl groups is 1. The van der Waals surface area contributed by atoms with E-state index in [2.05, 4.69) is 10.3 Å². The first kappa shape index (κ1) is 12.2. The minimum absolute atomic E-state index is 0.141. The van der Waals surface area contributed by atoms with Crippen LogP contribution in [0.5, 0.6) is 0 Å². The van der Waals surface area contributed by atoms with Crippen LogP contribution in [0.2, 0.25) is 0 Å². The number of carbonyl (C=O) groups excluding carboxylic acids is 1. The van der Waals surface area contributed by atoms with Gasteiger partial charge in [-0.05, 0) is 25.0 Å². The lowest BCUT2D eigenvalue weighted by Gasteiger charge is -2.14. The molecule has 0 aliphatic heterocycles. The molecular formula is C14H17N3O2. The van der Waals surface area contributed by atoms with Gasteiger partial charge in [-0.25, -0.2) is 4.98 Å². The summed E-state index contributed by atoms with van der Waals surface area (Å²) in [6.45, 7) is 0.528. The Bertz CT molecular complexity index is 593. The normalized spacial score (nSPS) is 22.8. The van der Waals surface area contributed by atoms with E-state index in [1.54, 1.807) is 10.6 Å². The molecular weight excluding hydrogens is 242 g/mol. The quantitative estimate of drug-likeness (QED) is 0.871. The number of rotatable bonds is 3. The SMILES string of the molecule is O=C(NCC1CCCC1O)c1cnc2ccccn12. The van der Waals surface area contributed by atoms with Crippen molar-refractivity contribution in [1.29, 1.82) is 0 Å². The molecule has 2 unspecified atom stereocenters.